The Labute approximate surface area is 128 Å². The van der Waals surface area contributed by atoms with Gasteiger partial charge in [-0.2, -0.15) is 10.2 Å². The van der Waals surface area contributed by atoms with E-state index in [0.717, 1.165) is 20.1 Å². The minimum absolute atomic E-state index is 0.252. The molecular weight excluding hydrogens is 375 g/mol. The fraction of sp³-hybridized carbons (Fsp3) is 0.143. The summed E-state index contributed by atoms with van der Waals surface area (Å²) in [4.78, 5) is 0. The summed E-state index contributed by atoms with van der Waals surface area (Å²) in [6.45, 7) is 2.40. The Morgan fingerprint density at radius 1 is 1.11 bits per heavy atom. The SMILES string of the molecule is Cc1cc(Br)c(CN=Nc2ccccc2F)c(Br)c1. The van der Waals surface area contributed by atoms with Crippen molar-refractivity contribution >= 4 is 37.5 Å². The van der Waals surface area contributed by atoms with Gasteiger partial charge in [0, 0.05) is 14.5 Å². The third-order valence-corrected chi connectivity index (χ3v) is 3.96. The average molecular weight is 386 g/mol. The molecule has 0 aliphatic rings. The maximum atomic E-state index is 13.4. The fourth-order valence-electron chi connectivity index (χ4n) is 1.60. The highest BCUT2D eigenvalue weighted by molar-refractivity contribution is 9.11. The predicted molar refractivity (Wildman–Crippen MR) is 81.2 cm³/mol. The number of hydrogen-bond acceptors (Lipinski definition) is 2. The van der Waals surface area contributed by atoms with E-state index in [1.165, 1.54) is 6.07 Å². The molecule has 0 aliphatic heterocycles. The van der Waals surface area contributed by atoms with Gasteiger partial charge in [0.1, 0.15) is 5.69 Å². The Morgan fingerprint density at radius 2 is 1.74 bits per heavy atom. The minimum Gasteiger partial charge on any atom is -0.205 e. The Bertz CT molecular complexity index is 604. The third-order valence-electron chi connectivity index (χ3n) is 2.55. The molecule has 2 aromatic rings. The van der Waals surface area contributed by atoms with Crippen molar-refractivity contribution in [2.45, 2.75) is 13.5 Å². The van der Waals surface area contributed by atoms with Crippen molar-refractivity contribution in [3.63, 3.8) is 0 Å². The smallest absolute Gasteiger partial charge is 0.150 e. The van der Waals surface area contributed by atoms with E-state index in [9.17, 15) is 4.39 Å². The third kappa shape index (κ3) is 3.70. The molecule has 0 fully saturated rings. The first-order valence-corrected chi connectivity index (χ1v) is 7.23. The molecule has 98 valence electrons. The lowest BCUT2D eigenvalue weighted by Crippen LogP contribution is -1.87. The van der Waals surface area contributed by atoms with Crippen molar-refractivity contribution in [1.29, 1.82) is 0 Å². The van der Waals surface area contributed by atoms with Gasteiger partial charge in [0.2, 0.25) is 0 Å². The number of azo groups is 1. The zero-order valence-electron chi connectivity index (χ0n) is 10.2. The molecule has 0 saturated carbocycles. The van der Waals surface area contributed by atoms with Crippen LogP contribution in [0.5, 0.6) is 0 Å². The summed E-state index contributed by atoms with van der Waals surface area (Å²) in [6, 6.07) is 10.3. The van der Waals surface area contributed by atoms with Crippen LogP contribution >= 0.6 is 31.9 Å². The Kier molecular flexibility index (Phi) is 4.82. The van der Waals surface area contributed by atoms with Crippen LogP contribution in [0.1, 0.15) is 11.1 Å². The van der Waals surface area contributed by atoms with E-state index in [1.54, 1.807) is 18.2 Å². The minimum atomic E-state index is -0.367. The summed E-state index contributed by atoms with van der Waals surface area (Å²) >= 11 is 6.99. The molecule has 0 atom stereocenters. The van der Waals surface area contributed by atoms with Crippen LogP contribution in [0.3, 0.4) is 0 Å². The number of hydrogen-bond donors (Lipinski definition) is 0. The van der Waals surface area contributed by atoms with Crippen LogP contribution in [0.25, 0.3) is 0 Å². The van der Waals surface area contributed by atoms with Gasteiger partial charge < -0.3 is 0 Å². The molecular formula is C14H11Br2FN2. The van der Waals surface area contributed by atoms with Crippen LogP contribution in [0.4, 0.5) is 10.1 Å². The van der Waals surface area contributed by atoms with Gasteiger partial charge in [-0.25, -0.2) is 4.39 Å². The second-order valence-corrected chi connectivity index (χ2v) is 5.77. The lowest BCUT2D eigenvalue weighted by molar-refractivity contribution is 0.627. The largest absolute Gasteiger partial charge is 0.205 e. The van der Waals surface area contributed by atoms with Gasteiger partial charge in [0.25, 0.3) is 0 Å². The van der Waals surface area contributed by atoms with Gasteiger partial charge in [-0.05, 0) is 36.8 Å². The van der Waals surface area contributed by atoms with Crippen LogP contribution < -0.4 is 0 Å². The molecule has 19 heavy (non-hydrogen) atoms. The van der Waals surface area contributed by atoms with E-state index < -0.39 is 0 Å². The second-order valence-electron chi connectivity index (χ2n) is 4.06. The molecule has 0 N–H and O–H groups in total. The molecule has 0 aliphatic carbocycles. The van der Waals surface area contributed by atoms with Crippen LogP contribution in [0, 0.1) is 12.7 Å². The average Bonchev–Trinajstić information content (AvgIpc) is 2.34. The molecule has 0 aromatic heterocycles. The number of benzene rings is 2. The highest BCUT2D eigenvalue weighted by Gasteiger charge is 2.05. The van der Waals surface area contributed by atoms with Crippen LogP contribution in [0.2, 0.25) is 0 Å². The Balaban J connectivity index is 2.18. The van der Waals surface area contributed by atoms with Crippen LogP contribution in [0.15, 0.2) is 55.6 Å². The molecule has 0 saturated heterocycles. The lowest BCUT2D eigenvalue weighted by Gasteiger charge is -2.05. The topological polar surface area (TPSA) is 24.7 Å². The van der Waals surface area contributed by atoms with Gasteiger partial charge >= 0.3 is 0 Å². The van der Waals surface area contributed by atoms with Crippen molar-refractivity contribution < 1.29 is 4.39 Å². The molecule has 2 aromatic carbocycles. The van der Waals surface area contributed by atoms with E-state index in [1.807, 2.05) is 19.1 Å². The zero-order valence-corrected chi connectivity index (χ0v) is 13.4. The maximum absolute atomic E-state index is 13.4. The first kappa shape index (κ1) is 14.3. The molecule has 0 amide bonds. The molecule has 0 radical (unpaired) electrons. The van der Waals surface area contributed by atoms with Crippen molar-refractivity contribution in [3.05, 3.63) is 62.3 Å². The predicted octanol–water partition coefficient (Wildman–Crippen LogP) is 5.94. The monoisotopic (exact) mass is 384 g/mol. The van der Waals surface area contributed by atoms with Gasteiger partial charge in [0.05, 0.1) is 6.54 Å². The molecule has 0 bridgehead atoms. The fourth-order valence-corrected chi connectivity index (χ4v) is 3.26. The van der Waals surface area contributed by atoms with Crippen molar-refractivity contribution in [1.82, 2.24) is 0 Å². The highest BCUT2D eigenvalue weighted by Crippen LogP contribution is 2.28. The summed E-state index contributed by atoms with van der Waals surface area (Å²) in [6.07, 6.45) is 0. The quantitative estimate of drug-likeness (QED) is 0.584. The Hall–Kier alpha value is -1.07. The Morgan fingerprint density at radius 3 is 2.37 bits per heavy atom. The van der Waals surface area contributed by atoms with Gasteiger partial charge in [-0.1, -0.05) is 44.0 Å². The van der Waals surface area contributed by atoms with E-state index in [2.05, 4.69) is 42.1 Å². The molecule has 5 heteroatoms. The molecule has 0 heterocycles. The summed E-state index contributed by atoms with van der Waals surface area (Å²) in [5.74, 6) is -0.367. The van der Waals surface area contributed by atoms with Gasteiger partial charge in [0.15, 0.2) is 5.82 Å². The summed E-state index contributed by atoms with van der Waals surface area (Å²) in [7, 11) is 0. The van der Waals surface area contributed by atoms with E-state index >= 15 is 0 Å². The molecule has 0 spiro atoms. The standard InChI is InChI=1S/C14H11Br2FN2/c1-9-6-11(15)10(12(16)7-9)8-18-19-14-5-3-2-4-13(14)17/h2-7H,8H2,1H3. The number of rotatable bonds is 3. The first-order chi connectivity index (χ1) is 9.08. The second kappa shape index (κ2) is 6.39. The van der Waals surface area contributed by atoms with Crippen molar-refractivity contribution in [2.24, 2.45) is 10.2 Å². The zero-order chi connectivity index (χ0) is 13.8. The molecule has 2 nitrogen and oxygen atoms in total. The summed E-state index contributed by atoms with van der Waals surface area (Å²) in [5, 5.41) is 7.96. The van der Waals surface area contributed by atoms with Crippen LogP contribution in [-0.2, 0) is 6.54 Å². The van der Waals surface area contributed by atoms with Crippen LogP contribution in [-0.4, -0.2) is 0 Å². The highest BCUT2D eigenvalue weighted by atomic mass is 79.9. The van der Waals surface area contributed by atoms with Crippen molar-refractivity contribution in [3.8, 4) is 0 Å². The summed E-state index contributed by atoms with van der Waals surface area (Å²) < 4.78 is 15.3. The first-order valence-electron chi connectivity index (χ1n) is 5.64. The van der Waals surface area contributed by atoms with Gasteiger partial charge in [-0.3, -0.25) is 0 Å². The number of aryl methyl sites for hydroxylation is 1. The maximum Gasteiger partial charge on any atom is 0.150 e. The number of nitrogens with zero attached hydrogens (tertiary/aromatic N) is 2. The number of halogens is 3. The van der Waals surface area contributed by atoms with Gasteiger partial charge in [-0.15, -0.1) is 0 Å². The lowest BCUT2D eigenvalue weighted by atomic mass is 10.1. The molecule has 2 rings (SSSR count). The van der Waals surface area contributed by atoms with E-state index in [0.29, 0.717) is 6.54 Å². The summed E-state index contributed by atoms with van der Waals surface area (Å²) in [5.41, 5.74) is 2.39. The van der Waals surface area contributed by atoms with E-state index in [4.69, 9.17) is 0 Å². The molecule has 0 unspecified atom stereocenters. The van der Waals surface area contributed by atoms with E-state index in [-0.39, 0.29) is 11.5 Å². The van der Waals surface area contributed by atoms with Crippen molar-refractivity contribution in [2.75, 3.05) is 0 Å². The normalized spacial score (nSPS) is 11.2.